The minimum Gasteiger partial charge on any atom is -0.383 e. The first-order valence-corrected chi connectivity index (χ1v) is 9.04. The smallest absolute Gasteiger partial charge is 0.228 e. The van der Waals surface area contributed by atoms with E-state index in [9.17, 15) is 16.8 Å². The second-order valence-corrected chi connectivity index (χ2v) is 8.62. The van der Waals surface area contributed by atoms with E-state index in [0.717, 1.165) is 4.31 Å². The molecule has 17 heavy (non-hydrogen) atoms. The van der Waals surface area contributed by atoms with Crippen LogP contribution in [0.25, 0.3) is 0 Å². The first-order chi connectivity index (χ1) is 7.82. The molecule has 1 fully saturated rings. The summed E-state index contributed by atoms with van der Waals surface area (Å²) in [7, 11) is -5.28. The number of nitrogens with zero attached hydrogens (tertiary/aromatic N) is 1. The third kappa shape index (κ3) is 4.06. The minimum atomic E-state index is -3.61. The van der Waals surface area contributed by atoms with Crippen molar-refractivity contribution in [2.45, 2.75) is 12.5 Å². The van der Waals surface area contributed by atoms with Gasteiger partial charge in [-0.25, -0.2) is 16.8 Å². The summed E-state index contributed by atoms with van der Waals surface area (Å²) in [5.41, 5.74) is 0. The molecule has 0 aromatic heterocycles. The molecule has 0 N–H and O–H groups in total. The van der Waals surface area contributed by atoms with Crippen LogP contribution < -0.4 is 0 Å². The standard InChI is InChI=1S/C8H16ClNO5S2/c1-15-4-3-10(17(13,14)7-9)8-2-5-16(11,12)6-8/h8H,2-7H2,1H3. The molecular formula is C8H16ClNO5S2. The maximum Gasteiger partial charge on any atom is 0.228 e. The maximum atomic E-state index is 11.7. The number of methoxy groups -OCH3 is 1. The molecule has 1 atom stereocenters. The average Bonchev–Trinajstić information content (AvgIpc) is 2.59. The number of halogens is 1. The Morgan fingerprint density at radius 3 is 2.53 bits per heavy atom. The fraction of sp³-hybridized carbons (Fsp3) is 1.00. The molecule has 0 amide bonds. The van der Waals surface area contributed by atoms with E-state index in [4.69, 9.17) is 16.3 Å². The summed E-state index contributed by atoms with van der Waals surface area (Å²) in [5.74, 6) is -0.105. The molecule has 1 saturated heterocycles. The van der Waals surface area contributed by atoms with E-state index in [1.807, 2.05) is 0 Å². The van der Waals surface area contributed by atoms with Crippen LogP contribution in [0.1, 0.15) is 6.42 Å². The lowest BCUT2D eigenvalue weighted by Crippen LogP contribution is -2.43. The average molecular weight is 306 g/mol. The van der Waals surface area contributed by atoms with Gasteiger partial charge in [-0.05, 0) is 6.42 Å². The molecule has 1 rings (SSSR count). The fourth-order valence-corrected chi connectivity index (χ4v) is 5.11. The summed E-state index contributed by atoms with van der Waals surface area (Å²) < 4.78 is 52.2. The van der Waals surface area contributed by atoms with Gasteiger partial charge in [0.15, 0.2) is 9.84 Å². The Morgan fingerprint density at radius 1 is 1.47 bits per heavy atom. The molecule has 1 heterocycles. The van der Waals surface area contributed by atoms with Crippen LogP contribution >= 0.6 is 11.6 Å². The number of sulfonamides is 1. The van der Waals surface area contributed by atoms with Gasteiger partial charge in [-0.1, -0.05) is 0 Å². The van der Waals surface area contributed by atoms with Crippen LogP contribution in [0.5, 0.6) is 0 Å². The van der Waals surface area contributed by atoms with Crippen molar-refractivity contribution in [2.24, 2.45) is 0 Å². The SMILES string of the molecule is COCCN(C1CCS(=O)(=O)C1)S(=O)(=O)CCl. The highest BCUT2D eigenvalue weighted by atomic mass is 35.5. The molecule has 0 saturated carbocycles. The summed E-state index contributed by atoms with van der Waals surface area (Å²) in [6, 6.07) is -0.515. The maximum absolute atomic E-state index is 11.7. The van der Waals surface area contributed by atoms with Crippen LogP contribution in [-0.4, -0.2) is 64.2 Å². The highest BCUT2D eigenvalue weighted by molar-refractivity contribution is 7.92. The zero-order valence-electron chi connectivity index (χ0n) is 9.50. The Bertz CT molecular complexity index is 447. The first kappa shape index (κ1) is 15.2. The number of rotatable bonds is 6. The summed E-state index contributed by atoms with van der Waals surface area (Å²) in [4.78, 5) is 0. The Kier molecular flexibility index (Phi) is 5.21. The summed E-state index contributed by atoms with van der Waals surface area (Å²) in [6.45, 7) is 0.346. The Balaban J connectivity index is 2.85. The molecule has 1 aliphatic heterocycles. The second kappa shape index (κ2) is 5.83. The van der Waals surface area contributed by atoms with E-state index >= 15 is 0 Å². The minimum absolute atomic E-state index is 0.0267. The van der Waals surface area contributed by atoms with Gasteiger partial charge in [0.1, 0.15) is 5.21 Å². The van der Waals surface area contributed by atoms with E-state index in [2.05, 4.69) is 0 Å². The number of hydrogen-bond donors (Lipinski definition) is 0. The van der Waals surface area contributed by atoms with Gasteiger partial charge in [0, 0.05) is 19.7 Å². The lowest BCUT2D eigenvalue weighted by atomic mass is 10.3. The molecule has 0 aromatic rings. The molecule has 102 valence electrons. The predicted molar refractivity (Wildman–Crippen MR) is 65.3 cm³/mol. The molecule has 0 aromatic carbocycles. The van der Waals surface area contributed by atoms with Gasteiger partial charge in [-0.15, -0.1) is 11.6 Å². The van der Waals surface area contributed by atoms with Gasteiger partial charge in [0.2, 0.25) is 10.0 Å². The van der Waals surface area contributed by atoms with E-state index in [-0.39, 0.29) is 24.7 Å². The van der Waals surface area contributed by atoms with Crippen molar-refractivity contribution < 1.29 is 21.6 Å². The van der Waals surface area contributed by atoms with Crippen LogP contribution in [0.3, 0.4) is 0 Å². The molecule has 0 radical (unpaired) electrons. The lowest BCUT2D eigenvalue weighted by molar-refractivity contribution is 0.169. The largest absolute Gasteiger partial charge is 0.383 e. The van der Waals surface area contributed by atoms with Gasteiger partial charge >= 0.3 is 0 Å². The molecule has 1 aliphatic rings. The van der Waals surface area contributed by atoms with Crippen LogP contribution in [0.15, 0.2) is 0 Å². The molecular weight excluding hydrogens is 290 g/mol. The van der Waals surface area contributed by atoms with Crippen molar-refractivity contribution in [3.8, 4) is 0 Å². The monoisotopic (exact) mass is 305 g/mol. The quantitative estimate of drug-likeness (QED) is 0.627. The highest BCUT2D eigenvalue weighted by Crippen LogP contribution is 2.21. The van der Waals surface area contributed by atoms with E-state index in [1.54, 1.807) is 0 Å². The Hall–Kier alpha value is 0.110. The molecule has 6 nitrogen and oxygen atoms in total. The van der Waals surface area contributed by atoms with E-state index < -0.39 is 31.1 Å². The zero-order valence-corrected chi connectivity index (χ0v) is 11.9. The Morgan fingerprint density at radius 2 is 2.12 bits per heavy atom. The molecule has 9 heteroatoms. The third-order valence-corrected chi connectivity index (χ3v) is 6.68. The normalized spacial score (nSPS) is 24.3. The zero-order chi connectivity index (χ0) is 13.1. The van der Waals surface area contributed by atoms with Crippen molar-refractivity contribution >= 4 is 31.5 Å². The van der Waals surface area contributed by atoms with Crippen molar-refractivity contribution in [2.75, 3.05) is 37.0 Å². The van der Waals surface area contributed by atoms with Gasteiger partial charge in [-0.3, -0.25) is 0 Å². The second-order valence-electron chi connectivity index (χ2n) is 3.88. The summed E-state index contributed by atoms with van der Waals surface area (Å²) in [5, 5.41) is -0.548. The van der Waals surface area contributed by atoms with Crippen molar-refractivity contribution in [3.05, 3.63) is 0 Å². The fourth-order valence-electron chi connectivity index (χ4n) is 1.80. The van der Waals surface area contributed by atoms with Crippen LogP contribution in [0.4, 0.5) is 0 Å². The summed E-state index contributed by atoms with van der Waals surface area (Å²) >= 11 is 5.40. The number of ether oxygens (including phenoxy) is 1. The van der Waals surface area contributed by atoms with Crippen molar-refractivity contribution in [1.29, 1.82) is 0 Å². The molecule has 1 unspecified atom stereocenters. The Labute approximate surface area is 107 Å². The van der Waals surface area contributed by atoms with Gasteiger partial charge in [0.25, 0.3) is 0 Å². The number of alkyl halides is 1. The van der Waals surface area contributed by atoms with Gasteiger partial charge < -0.3 is 4.74 Å². The van der Waals surface area contributed by atoms with Crippen molar-refractivity contribution in [3.63, 3.8) is 0 Å². The van der Waals surface area contributed by atoms with Crippen LogP contribution in [0.2, 0.25) is 0 Å². The number of sulfone groups is 1. The molecule has 0 spiro atoms. The van der Waals surface area contributed by atoms with Crippen LogP contribution in [-0.2, 0) is 24.6 Å². The van der Waals surface area contributed by atoms with Crippen molar-refractivity contribution in [1.82, 2.24) is 4.31 Å². The summed E-state index contributed by atoms with van der Waals surface area (Å²) in [6.07, 6.45) is 0.322. The molecule has 0 bridgehead atoms. The van der Waals surface area contributed by atoms with E-state index in [1.165, 1.54) is 7.11 Å². The van der Waals surface area contributed by atoms with Gasteiger partial charge in [-0.2, -0.15) is 4.31 Å². The topological polar surface area (TPSA) is 80.8 Å². The predicted octanol–water partition coefficient (Wildman–Crippen LogP) is -0.352. The number of hydrogen-bond acceptors (Lipinski definition) is 5. The highest BCUT2D eigenvalue weighted by Gasteiger charge is 2.37. The first-order valence-electron chi connectivity index (χ1n) is 5.07. The third-order valence-electron chi connectivity index (χ3n) is 2.63. The molecule has 0 aliphatic carbocycles. The van der Waals surface area contributed by atoms with E-state index in [0.29, 0.717) is 6.42 Å². The lowest BCUT2D eigenvalue weighted by Gasteiger charge is -2.25. The van der Waals surface area contributed by atoms with Gasteiger partial charge in [0.05, 0.1) is 18.1 Å². The van der Waals surface area contributed by atoms with Crippen LogP contribution in [0, 0.1) is 0 Å².